The quantitative estimate of drug-likeness (QED) is 0.529. The van der Waals surface area contributed by atoms with Gasteiger partial charge in [-0.3, -0.25) is 14.9 Å². The van der Waals surface area contributed by atoms with Crippen molar-refractivity contribution in [3.8, 4) is 5.75 Å². The van der Waals surface area contributed by atoms with E-state index in [-0.39, 0.29) is 18.1 Å². The van der Waals surface area contributed by atoms with Gasteiger partial charge in [-0.25, -0.2) is 0 Å². The number of furan rings is 1. The number of hydrogen-bond donors (Lipinski definition) is 1. The molecule has 0 fully saturated rings. The van der Waals surface area contributed by atoms with E-state index in [2.05, 4.69) is 5.32 Å². The third kappa shape index (κ3) is 3.86. The summed E-state index contributed by atoms with van der Waals surface area (Å²) in [6.07, 6.45) is 1.34. The van der Waals surface area contributed by atoms with Crippen molar-refractivity contribution in [1.29, 1.82) is 0 Å². The summed E-state index contributed by atoms with van der Waals surface area (Å²) in [5.74, 6) is -0.965. The highest BCUT2D eigenvalue weighted by Gasteiger charge is 2.19. The van der Waals surface area contributed by atoms with Gasteiger partial charge in [0.25, 0.3) is 5.91 Å². The van der Waals surface area contributed by atoms with Crippen molar-refractivity contribution in [3.63, 3.8) is 0 Å². The number of benzene rings is 2. The Morgan fingerprint density at radius 1 is 1.19 bits per heavy atom. The van der Waals surface area contributed by atoms with Crippen LogP contribution < -0.4 is 10.1 Å². The number of rotatable bonds is 6. The normalized spacial score (nSPS) is 10.3. The fraction of sp³-hybridized carbons (Fsp3) is 0.0556. The van der Waals surface area contributed by atoms with Crippen LogP contribution in [-0.2, 0) is 6.61 Å². The summed E-state index contributed by atoms with van der Waals surface area (Å²) in [7, 11) is 0. The molecule has 0 spiro atoms. The van der Waals surface area contributed by atoms with Gasteiger partial charge in [-0.2, -0.15) is 4.39 Å². The third-order valence-electron chi connectivity index (χ3n) is 3.49. The minimum atomic E-state index is -0.983. The Morgan fingerprint density at radius 2 is 1.96 bits per heavy atom. The van der Waals surface area contributed by atoms with Crippen LogP contribution in [0, 0.1) is 15.9 Å². The lowest BCUT2D eigenvalue weighted by Crippen LogP contribution is -2.14. The summed E-state index contributed by atoms with van der Waals surface area (Å²) >= 11 is 0. The Morgan fingerprint density at radius 3 is 2.69 bits per heavy atom. The van der Waals surface area contributed by atoms with Crippen LogP contribution in [0.5, 0.6) is 5.75 Å². The van der Waals surface area contributed by atoms with Crippen molar-refractivity contribution in [2.45, 2.75) is 6.61 Å². The second-order valence-corrected chi connectivity index (χ2v) is 5.25. The Labute approximate surface area is 147 Å². The molecular formula is C18H13FN2O5. The summed E-state index contributed by atoms with van der Waals surface area (Å²) in [5.41, 5.74) is -0.146. The number of para-hydroxylation sites is 1. The van der Waals surface area contributed by atoms with E-state index in [1.807, 2.05) is 18.2 Å². The van der Waals surface area contributed by atoms with E-state index < -0.39 is 22.3 Å². The predicted molar refractivity (Wildman–Crippen MR) is 90.5 cm³/mol. The lowest BCUT2D eigenvalue weighted by Gasteiger charge is -2.07. The highest BCUT2D eigenvalue weighted by atomic mass is 19.1. The van der Waals surface area contributed by atoms with E-state index in [1.165, 1.54) is 12.3 Å². The monoisotopic (exact) mass is 356 g/mol. The molecule has 3 rings (SSSR count). The van der Waals surface area contributed by atoms with Crippen molar-refractivity contribution in [1.82, 2.24) is 0 Å². The maximum atomic E-state index is 13.4. The first-order chi connectivity index (χ1) is 12.5. The summed E-state index contributed by atoms with van der Waals surface area (Å²) in [6, 6.07) is 13.7. The first-order valence-corrected chi connectivity index (χ1v) is 7.54. The van der Waals surface area contributed by atoms with Crippen LogP contribution in [-0.4, -0.2) is 10.8 Å². The largest absolute Gasteiger partial charge is 0.489 e. The molecule has 0 unspecified atom stereocenters. The zero-order valence-electron chi connectivity index (χ0n) is 13.3. The van der Waals surface area contributed by atoms with Crippen molar-refractivity contribution in [2.24, 2.45) is 0 Å². The molecule has 1 aromatic heterocycles. The van der Waals surface area contributed by atoms with Crippen LogP contribution in [0.1, 0.15) is 16.1 Å². The van der Waals surface area contributed by atoms with Gasteiger partial charge in [0.05, 0.1) is 11.2 Å². The summed E-state index contributed by atoms with van der Waals surface area (Å²) < 4.78 is 24.1. The average Bonchev–Trinajstić information content (AvgIpc) is 3.11. The summed E-state index contributed by atoms with van der Waals surface area (Å²) in [6.45, 7) is 0.104. The number of anilines is 1. The third-order valence-corrected chi connectivity index (χ3v) is 3.49. The van der Waals surface area contributed by atoms with E-state index in [1.54, 1.807) is 18.2 Å². The van der Waals surface area contributed by atoms with Crippen molar-refractivity contribution in [2.75, 3.05) is 5.32 Å². The van der Waals surface area contributed by atoms with E-state index in [4.69, 9.17) is 9.15 Å². The Hall–Kier alpha value is -3.68. The Kier molecular flexibility index (Phi) is 4.93. The molecule has 3 aromatic rings. The smallest absolute Gasteiger partial charge is 0.306 e. The molecule has 0 atom stereocenters. The van der Waals surface area contributed by atoms with Crippen LogP contribution in [0.3, 0.4) is 0 Å². The maximum absolute atomic E-state index is 13.4. The SMILES string of the molecule is O=C(Nc1ccc(F)c([N+](=O)[O-])c1)c1occc1COc1ccccc1. The molecule has 8 heteroatoms. The molecule has 0 saturated carbocycles. The zero-order valence-corrected chi connectivity index (χ0v) is 13.3. The van der Waals surface area contributed by atoms with Crippen molar-refractivity contribution < 1.29 is 23.3 Å². The molecule has 0 aliphatic heterocycles. The predicted octanol–water partition coefficient (Wildman–Crippen LogP) is 4.16. The lowest BCUT2D eigenvalue weighted by atomic mass is 10.2. The number of nitrogens with zero attached hydrogens (tertiary/aromatic N) is 1. The second-order valence-electron chi connectivity index (χ2n) is 5.25. The zero-order chi connectivity index (χ0) is 18.5. The molecule has 0 saturated heterocycles. The van der Waals surface area contributed by atoms with E-state index >= 15 is 0 Å². The minimum Gasteiger partial charge on any atom is -0.489 e. The fourth-order valence-corrected chi connectivity index (χ4v) is 2.24. The van der Waals surface area contributed by atoms with E-state index in [9.17, 15) is 19.3 Å². The highest BCUT2D eigenvalue weighted by molar-refractivity contribution is 6.03. The van der Waals surface area contributed by atoms with E-state index in [0.29, 0.717) is 11.3 Å². The van der Waals surface area contributed by atoms with Gasteiger partial charge in [0.15, 0.2) is 5.76 Å². The van der Waals surface area contributed by atoms with Gasteiger partial charge < -0.3 is 14.5 Å². The van der Waals surface area contributed by atoms with Gasteiger partial charge >= 0.3 is 5.69 Å². The van der Waals surface area contributed by atoms with Gasteiger partial charge in [-0.15, -0.1) is 0 Å². The van der Waals surface area contributed by atoms with Crippen LogP contribution >= 0.6 is 0 Å². The van der Waals surface area contributed by atoms with Crippen LogP contribution in [0.25, 0.3) is 0 Å². The number of amides is 1. The molecule has 0 aliphatic rings. The van der Waals surface area contributed by atoms with Gasteiger partial charge in [0, 0.05) is 17.3 Å². The highest BCUT2D eigenvalue weighted by Crippen LogP contribution is 2.23. The van der Waals surface area contributed by atoms with Gasteiger partial charge in [0.1, 0.15) is 12.4 Å². The molecule has 7 nitrogen and oxygen atoms in total. The summed E-state index contributed by atoms with van der Waals surface area (Å²) in [5, 5.41) is 13.2. The number of ether oxygens (including phenoxy) is 1. The standard InChI is InChI=1S/C18H13FN2O5/c19-15-7-6-13(10-16(15)21(23)24)20-18(22)17-12(8-9-25-17)11-26-14-4-2-1-3-5-14/h1-10H,11H2,(H,20,22). The number of halogens is 1. The van der Waals surface area contributed by atoms with Crippen LogP contribution in [0.15, 0.2) is 65.3 Å². The topological polar surface area (TPSA) is 94.6 Å². The van der Waals surface area contributed by atoms with E-state index in [0.717, 1.165) is 12.1 Å². The van der Waals surface area contributed by atoms with Crippen LogP contribution in [0.2, 0.25) is 0 Å². The van der Waals surface area contributed by atoms with Gasteiger partial charge in [0.2, 0.25) is 5.82 Å². The number of carbonyl (C=O) groups excluding carboxylic acids is 1. The number of nitro benzene ring substituents is 1. The molecule has 1 N–H and O–H groups in total. The molecule has 1 heterocycles. The van der Waals surface area contributed by atoms with Gasteiger partial charge in [-0.1, -0.05) is 18.2 Å². The molecular weight excluding hydrogens is 343 g/mol. The molecule has 26 heavy (non-hydrogen) atoms. The number of hydrogen-bond acceptors (Lipinski definition) is 5. The summed E-state index contributed by atoms with van der Waals surface area (Å²) in [4.78, 5) is 22.3. The van der Waals surface area contributed by atoms with Crippen LogP contribution in [0.4, 0.5) is 15.8 Å². The molecule has 0 radical (unpaired) electrons. The second kappa shape index (κ2) is 7.47. The molecule has 132 valence electrons. The number of nitro groups is 1. The maximum Gasteiger partial charge on any atom is 0.306 e. The van der Waals surface area contributed by atoms with Crippen molar-refractivity contribution in [3.05, 3.63) is 88.1 Å². The molecule has 1 amide bonds. The van der Waals surface area contributed by atoms with Crippen molar-refractivity contribution >= 4 is 17.3 Å². The lowest BCUT2D eigenvalue weighted by molar-refractivity contribution is -0.387. The van der Waals surface area contributed by atoms with Gasteiger partial charge in [-0.05, 0) is 30.3 Å². The number of nitrogens with one attached hydrogen (secondary N) is 1. The Balaban J connectivity index is 1.72. The number of carbonyl (C=O) groups is 1. The first-order valence-electron chi connectivity index (χ1n) is 7.54. The first kappa shape index (κ1) is 17.2. The fourth-order valence-electron chi connectivity index (χ4n) is 2.24. The molecule has 2 aromatic carbocycles. The minimum absolute atomic E-state index is 0.00732. The molecule has 0 aliphatic carbocycles. The molecule has 0 bridgehead atoms. The average molecular weight is 356 g/mol. The Bertz CT molecular complexity index is 940.